The molecule has 1 aromatic heterocycles. The van der Waals surface area contributed by atoms with Crippen LogP contribution in [0.5, 0.6) is 0 Å². The van der Waals surface area contributed by atoms with Gasteiger partial charge in [-0.05, 0) is 26.0 Å². The number of hydrogen-bond acceptors (Lipinski definition) is 7. The van der Waals surface area contributed by atoms with Crippen molar-refractivity contribution in [3.63, 3.8) is 0 Å². The van der Waals surface area contributed by atoms with Crippen LogP contribution in [0.3, 0.4) is 0 Å². The second kappa shape index (κ2) is 10.2. The predicted octanol–water partition coefficient (Wildman–Crippen LogP) is 3.40. The van der Waals surface area contributed by atoms with Crippen molar-refractivity contribution in [2.45, 2.75) is 13.8 Å². The molecule has 0 saturated heterocycles. The van der Waals surface area contributed by atoms with Crippen LogP contribution >= 0.6 is 0 Å². The Morgan fingerprint density at radius 1 is 0.968 bits per heavy atom. The molecule has 0 saturated carbocycles. The van der Waals surface area contributed by atoms with E-state index in [4.69, 9.17) is 14.0 Å². The molecule has 0 bridgehead atoms. The van der Waals surface area contributed by atoms with E-state index in [9.17, 15) is 14.4 Å². The van der Waals surface area contributed by atoms with Gasteiger partial charge in [0.05, 0.1) is 6.61 Å². The lowest BCUT2D eigenvalue weighted by atomic mass is 10.1. The van der Waals surface area contributed by atoms with Crippen LogP contribution < -0.4 is 4.90 Å². The van der Waals surface area contributed by atoms with E-state index in [-0.39, 0.29) is 24.5 Å². The van der Waals surface area contributed by atoms with E-state index in [1.54, 1.807) is 56.3 Å². The minimum atomic E-state index is -0.741. The van der Waals surface area contributed by atoms with Gasteiger partial charge in [-0.1, -0.05) is 53.7 Å². The molecule has 1 amide bonds. The maximum absolute atomic E-state index is 12.8. The van der Waals surface area contributed by atoms with Crippen LogP contribution in [-0.2, 0) is 19.1 Å². The molecule has 0 N–H and O–H groups in total. The molecule has 3 rings (SSSR count). The average Bonchev–Trinajstić information content (AvgIpc) is 3.18. The molecule has 0 aliphatic rings. The van der Waals surface area contributed by atoms with Gasteiger partial charge < -0.3 is 14.0 Å². The van der Waals surface area contributed by atoms with Crippen molar-refractivity contribution in [3.05, 3.63) is 72.0 Å². The van der Waals surface area contributed by atoms with Crippen molar-refractivity contribution in [1.82, 2.24) is 5.16 Å². The number of carbonyl (C=O) groups is 3. The van der Waals surface area contributed by atoms with Crippen molar-refractivity contribution in [2.24, 2.45) is 0 Å². The number of anilines is 1. The highest BCUT2D eigenvalue weighted by atomic mass is 16.5. The average molecular weight is 422 g/mol. The Morgan fingerprint density at radius 2 is 1.61 bits per heavy atom. The van der Waals surface area contributed by atoms with Crippen LogP contribution in [0.1, 0.15) is 23.0 Å². The van der Waals surface area contributed by atoms with E-state index in [1.807, 2.05) is 18.2 Å². The van der Waals surface area contributed by atoms with Crippen LogP contribution in [-0.4, -0.2) is 42.8 Å². The smallest absolute Gasteiger partial charge is 0.344 e. The summed E-state index contributed by atoms with van der Waals surface area (Å²) in [4.78, 5) is 38.7. The summed E-state index contributed by atoms with van der Waals surface area (Å²) in [5.41, 5.74) is 1.66. The number of amides is 1. The lowest BCUT2D eigenvalue weighted by Gasteiger charge is -2.21. The normalized spacial score (nSPS) is 10.4. The van der Waals surface area contributed by atoms with Gasteiger partial charge in [-0.3, -0.25) is 14.5 Å². The molecule has 160 valence electrons. The molecule has 8 nitrogen and oxygen atoms in total. The number of esters is 2. The quantitative estimate of drug-likeness (QED) is 0.513. The monoisotopic (exact) mass is 422 g/mol. The standard InChI is InChI=1S/C23H22N2O6/c1-3-29-20(27)14-25(18-12-8-5-9-13-18)19(26)15-30-23(28)21-16(2)31-24-22(21)17-10-6-4-7-11-17/h4-13H,3,14-15H2,1-2H3. The van der Waals surface area contributed by atoms with Crippen LogP contribution in [0.15, 0.2) is 65.2 Å². The van der Waals surface area contributed by atoms with Gasteiger partial charge in [0.2, 0.25) is 0 Å². The van der Waals surface area contributed by atoms with Gasteiger partial charge in [-0.2, -0.15) is 0 Å². The molecule has 3 aromatic rings. The summed E-state index contributed by atoms with van der Waals surface area (Å²) in [7, 11) is 0. The fourth-order valence-electron chi connectivity index (χ4n) is 2.95. The number of carbonyl (C=O) groups excluding carboxylic acids is 3. The number of benzene rings is 2. The van der Waals surface area contributed by atoms with Gasteiger partial charge in [0.15, 0.2) is 6.61 Å². The first kappa shape index (κ1) is 21.8. The van der Waals surface area contributed by atoms with Crippen LogP contribution in [0.2, 0.25) is 0 Å². The molecule has 0 unspecified atom stereocenters. The second-order valence-corrected chi connectivity index (χ2v) is 6.52. The first-order chi connectivity index (χ1) is 15.0. The van der Waals surface area contributed by atoms with Crippen LogP contribution in [0.4, 0.5) is 5.69 Å². The van der Waals surface area contributed by atoms with E-state index in [0.29, 0.717) is 16.9 Å². The van der Waals surface area contributed by atoms with Crippen molar-refractivity contribution >= 4 is 23.5 Å². The summed E-state index contributed by atoms with van der Waals surface area (Å²) >= 11 is 0. The SMILES string of the molecule is CCOC(=O)CN(C(=O)COC(=O)c1c(-c2ccccc2)noc1C)c1ccccc1. The minimum absolute atomic E-state index is 0.149. The van der Waals surface area contributed by atoms with Gasteiger partial charge in [0.1, 0.15) is 23.6 Å². The highest BCUT2D eigenvalue weighted by Gasteiger charge is 2.26. The molecular formula is C23H22N2O6. The molecule has 1 heterocycles. The maximum atomic E-state index is 12.8. The van der Waals surface area contributed by atoms with E-state index >= 15 is 0 Å². The fourth-order valence-corrected chi connectivity index (χ4v) is 2.95. The van der Waals surface area contributed by atoms with Crippen molar-refractivity contribution in [2.75, 3.05) is 24.7 Å². The Bertz CT molecular complexity index is 1050. The number of ether oxygens (including phenoxy) is 2. The molecule has 0 aliphatic carbocycles. The largest absolute Gasteiger partial charge is 0.465 e. The van der Waals surface area contributed by atoms with Gasteiger partial charge in [-0.25, -0.2) is 4.79 Å². The minimum Gasteiger partial charge on any atom is -0.465 e. The van der Waals surface area contributed by atoms with Gasteiger partial charge >= 0.3 is 11.9 Å². The van der Waals surface area contributed by atoms with Crippen LogP contribution in [0, 0.1) is 6.92 Å². The summed E-state index contributed by atoms with van der Waals surface area (Å²) in [6.45, 7) is 2.61. The Morgan fingerprint density at radius 3 is 2.26 bits per heavy atom. The lowest BCUT2D eigenvalue weighted by Crippen LogP contribution is -2.39. The summed E-state index contributed by atoms with van der Waals surface area (Å²) in [5.74, 6) is -1.59. The van der Waals surface area contributed by atoms with E-state index in [1.165, 1.54) is 4.90 Å². The Kier molecular flexibility index (Phi) is 7.16. The third-order valence-electron chi connectivity index (χ3n) is 4.40. The Labute approximate surface area is 179 Å². The van der Waals surface area contributed by atoms with Crippen LogP contribution in [0.25, 0.3) is 11.3 Å². The molecular weight excluding hydrogens is 400 g/mol. The molecule has 8 heteroatoms. The molecule has 0 fully saturated rings. The van der Waals surface area contributed by atoms with Gasteiger partial charge in [-0.15, -0.1) is 0 Å². The van der Waals surface area contributed by atoms with Gasteiger partial charge in [0, 0.05) is 11.3 Å². The predicted molar refractivity (Wildman–Crippen MR) is 112 cm³/mol. The summed E-state index contributed by atoms with van der Waals surface area (Å²) < 4.78 is 15.4. The first-order valence-electron chi connectivity index (χ1n) is 9.71. The van der Waals surface area contributed by atoms with E-state index in [2.05, 4.69) is 5.16 Å². The highest BCUT2D eigenvalue weighted by Crippen LogP contribution is 2.25. The topological polar surface area (TPSA) is 98.9 Å². The third-order valence-corrected chi connectivity index (χ3v) is 4.40. The summed E-state index contributed by atoms with van der Waals surface area (Å²) in [6, 6.07) is 17.7. The number of nitrogens with zero attached hydrogens (tertiary/aromatic N) is 2. The number of hydrogen-bond donors (Lipinski definition) is 0. The molecule has 0 spiro atoms. The number of aromatic nitrogens is 1. The van der Waals surface area contributed by atoms with Crippen molar-refractivity contribution < 1.29 is 28.4 Å². The highest BCUT2D eigenvalue weighted by molar-refractivity contribution is 6.01. The Hall–Kier alpha value is -3.94. The second-order valence-electron chi connectivity index (χ2n) is 6.52. The molecule has 0 atom stereocenters. The molecule has 0 aliphatic heterocycles. The van der Waals surface area contributed by atoms with E-state index in [0.717, 1.165) is 0 Å². The molecule has 0 radical (unpaired) electrons. The number of aryl methyl sites for hydroxylation is 1. The van der Waals surface area contributed by atoms with Gasteiger partial charge in [0.25, 0.3) is 5.91 Å². The summed E-state index contributed by atoms with van der Waals surface area (Å²) in [5, 5.41) is 3.94. The van der Waals surface area contributed by atoms with Crippen molar-refractivity contribution in [3.8, 4) is 11.3 Å². The first-order valence-corrected chi connectivity index (χ1v) is 9.71. The lowest BCUT2D eigenvalue weighted by molar-refractivity contribution is -0.142. The Balaban J connectivity index is 1.75. The summed E-state index contributed by atoms with van der Waals surface area (Å²) in [6.07, 6.45) is 0. The zero-order valence-corrected chi connectivity index (χ0v) is 17.2. The van der Waals surface area contributed by atoms with Crippen molar-refractivity contribution in [1.29, 1.82) is 0 Å². The zero-order valence-electron chi connectivity index (χ0n) is 17.2. The third kappa shape index (κ3) is 5.36. The fraction of sp³-hybridized carbons (Fsp3) is 0.217. The number of para-hydroxylation sites is 1. The van der Waals surface area contributed by atoms with E-state index < -0.39 is 24.5 Å². The maximum Gasteiger partial charge on any atom is 0.344 e. The number of rotatable bonds is 8. The molecule has 2 aromatic carbocycles. The zero-order chi connectivity index (χ0) is 22.2. The molecule has 31 heavy (non-hydrogen) atoms.